The molecule has 1 heterocycles. The van der Waals surface area contributed by atoms with E-state index in [0.29, 0.717) is 54.3 Å². The Labute approximate surface area is 256 Å². The van der Waals surface area contributed by atoms with Gasteiger partial charge in [0.1, 0.15) is 18.1 Å². The van der Waals surface area contributed by atoms with Crippen LogP contribution in [0.15, 0.2) is 97.1 Å². The first-order chi connectivity index (χ1) is 21.3. The fraction of sp³-hybridized carbons (Fsp3) is 0.229. The molecule has 226 valence electrons. The number of piperazine rings is 1. The minimum atomic E-state index is -0.374. The summed E-state index contributed by atoms with van der Waals surface area (Å²) in [5, 5.41) is 2.88. The van der Waals surface area contributed by atoms with E-state index in [4.69, 9.17) is 4.74 Å². The van der Waals surface area contributed by atoms with Crippen molar-refractivity contribution in [3.05, 3.63) is 125 Å². The third kappa shape index (κ3) is 7.60. The summed E-state index contributed by atoms with van der Waals surface area (Å²) in [6.45, 7) is 4.59. The number of halogens is 1. The quantitative estimate of drug-likeness (QED) is 0.281. The van der Waals surface area contributed by atoms with Gasteiger partial charge in [0.2, 0.25) is 5.91 Å². The van der Waals surface area contributed by atoms with E-state index in [1.54, 1.807) is 43.5 Å². The summed E-state index contributed by atoms with van der Waals surface area (Å²) < 4.78 is 18.7. The molecular formula is C35H35FN4O4. The number of ether oxygens (including phenoxy) is 1. The molecule has 44 heavy (non-hydrogen) atoms. The van der Waals surface area contributed by atoms with Crippen LogP contribution in [-0.2, 0) is 11.3 Å². The van der Waals surface area contributed by atoms with E-state index in [-0.39, 0.29) is 36.6 Å². The molecule has 0 aliphatic carbocycles. The number of nitrogens with one attached hydrogen (secondary N) is 1. The highest BCUT2D eigenvalue weighted by Crippen LogP contribution is 2.21. The third-order valence-electron chi connectivity index (χ3n) is 7.63. The van der Waals surface area contributed by atoms with Crippen LogP contribution >= 0.6 is 0 Å². The summed E-state index contributed by atoms with van der Waals surface area (Å²) in [7, 11) is 1.55. The fourth-order valence-electron chi connectivity index (χ4n) is 5.10. The van der Waals surface area contributed by atoms with E-state index in [9.17, 15) is 18.8 Å². The summed E-state index contributed by atoms with van der Waals surface area (Å²) in [4.78, 5) is 44.9. The van der Waals surface area contributed by atoms with Gasteiger partial charge >= 0.3 is 0 Å². The number of anilines is 2. The maximum Gasteiger partial charge on any atom is 0.254 e. The first kappa shape index (κ1) is 30.3. The zero-order valence-electron chi connectivity index (χ0n) is 24.8. The molecular weight excluding hydrogens is 559 g/mol. The van der Waals surface area contributed by atoms with Crippen molar-refractivity contribution in [2.24, 2.45) is 0 Å². The van der Waals surface area contributed by atoms with Crippen LogP contribution in [0.2, 0.25) is 0 Å². The summed E-state index contributed by atoms with van der Waals surface area (Å²) in [6.07, 6.45) is 0. The molecule has 1 aliphatic rings. The van der Waals surface area contributed by atoms with E-state index in [2.05, 4.69) is 10.2 Å². The smallest absolute Gasteiger partial charge is 0.254 e. The van der Waals surface area contributed by atoms with Gasteiger partial charge < -0.3 is 24.8 Å². The second kappa shape index (κ2) is 13.9. The maximum absolute atomic E-state index is 13.5. The lowest BCUT2D eigenvalue weighted by molar-refractivity contribution is -0.117. The molecule has 1 aliphatic heterocycles. The van der Waals surface area contributed by atoms with Crippen molar-refractivity contribution < 1.29 is 23.5 Å². The Morgan fingerprint density at radius 3 is 2.02 bits per heavy atom. The van der Waals surface area contributed by atoms with Gasteiger partial charge in [-0.3, -0.25) is 14.4 Å². The van der Waals surface area contributed by atoms with Gasteiger partial charge in [0.25, 0.3) is 11.8 Å². The Morgan fingerprint density at radius 2 is 1.41 bits per heavy atom. The Hall–Kier alpha value is -5.18. The van der Waals surface area contributed by atoms with E-state index in [0.717, 1.165) is 11.3 Å². The predicted octanol–water partition coefficient (Wildman–Crippen LogP) is 5.39. The highest BCUT2D eigenvalue weighted by Gasteiger charge is 2.23. The summed E-state index contributed by atoms with van der Waals surface area (Å²) in [5.74, 6) is -0.403. The van der Waals surface area contributed by atoms with Gasteiger partial charge in [-0.1, -0.05) is 29.8 Å². The lowest BCUT2D eigenvalue weighted by atomic mass is 10.1. The first-order valence-corrected chi connectivity index (χ1v) is 14.5. The molecule has 0 radical (unpaired) electrons. The number of carbonyl (C=O) groups is 3. The molecule has 0 spiro atoms. The number of aryl methyl sites for hydroxylation is 1. The summed E-state index contributed by atoms with van der Waals surface area (Å²) >= 11 is 0. The molecule has 4 aromatic carbocycles. The van der Waals surface area contributed by atoms with Gasteiger partial charge in [-0.25, -0.2) is 4.39 Å². The Morgan fingerprint density at radius 1 is 0.795 bits per heavy atom. The monoisotopic (exact) mass is 594 g/mol. The number of methoxy groups -OCH3 is 1. The van der Waals surface area contributed by atoms with E-state index < -0.39 is 0 Å². The topological polar surface area (TPSA) is 82.2 Å². The zero-order chi connectivity index (χ0) is 31.1. The van der Waals surface area contributed by atoms with Crippen molar-refractivity contribution in [2.75, 3.05) is 50.1 Å². The van der Waals surface area contributed by atoms with Crippen molar-refractivity contribution in [3.63, 3.8) is 0 Å². The standard InChI is InChI=1S/C35H35FN4O4/c1-25-3-7-27(8-4-25)34(42)39-21-19-38(20-22-39)31-15-13-30(14-16-31)37-33(41)24-40(23-26-5-11-29(36)12-6-26)35(43)28-9-17-32(44-2)18-10-28/h3-18H,19-24H2,1-2H3,(H,37,41). The van der Waals surface area contributed by atoms with Crippen LogP contribution in [0.25, 0.3) is 0 Å². The third-order valence-corrected chi connectivity index (χ3v) is 7.63. The predicted molar refractivity (Wildman–Crippen MR) is 169 cm³/mol. The number of hydrogen-bond donors (Lipinski definition) is 1. The number of nitrogens with zero attached hydrogens (tertiary/aromatic N) is 3. The largest absolute Gasteiger partial charge is 0.497 e. The van der Waals surface area contributed by atoms with Crippen LogP contribution in [0.4, 0.5) is 15.8 Å². The molecule has 3 amide bonds. The molecule has 0 saturated carbocycles. The SMILES string of the molecule is COc1ccc(C(=O)N(CC(=O)Nc2ccc(N3CCN(C(=O)c4ccc(C)cc4)CC3)cc2)Cc2ccc(F)cc2)cc1. The zero-order valence-corrected chi connectivity index (χ0v) is 24.8. The van der Waals surface area contributed by atoms with Gasteiger partial charge in [-0.2, -0.15) is 0 Å². The van der Waals surface area contributed by atoms with Gasteiger partial charge in [0.05, 0.1) is 7.11 Å². The van der Waals surface area contributed by atoms with Crippen molar-refractivity contribution >= 4 is 29.1 Å². The first-order valence-electron chi connectivity index (χ1n) is 14.5. The Kier molecular flexibility index (Phi) is 9.54. The van der Waals surface area contributed by atoms with Crippen molar-refractivity contribution in [1.29, 1.82) is 0 Å². The Balaban J connectivity index is 1.19. The Bertz CT molecular complexity index is 1580. The highest BCUT2D eigenvalue weighted by molar-refractivity contribution is 5.99. The molecule has 0 bridgehead atoms. The van der Waals surface area contributed by atoms with Crippen LogP contribution in [0.3, 0.4) is 0 Å². The molecule has 4 aromatic rings. The average Bonchev–Trinajstić information content (AvgIpc) is 3.05. The fourth-order valence-corrected chi connectivity index (χ4v) is 5.10. The molecule has 5 rings (SSSR count). The molecule has 0 atom stereocenters. The van der Waals surface area contributed by atoms with Crippen LogP contribution in [0.1, 0.15) is 31.8 Å². The minimum absolute atomic E-state index is 0.0432. The van der Waals surface area contributed by atoms with Gasteiger partial charge in [0.15, 0.2) is 0 Å². The number of hydrogen-bond acceptors (Lipinski definition) is 5. The number of benzene rings is 4. The van der Waals surface area contributed by atoms with Crippen LogP contribution in [0.5, 0.6) is 5.75 Å². The number of amides is 3. The maximum atomic E-state index is 13.5. The molecule has 0 unspecified atom stereocenters. The molecule has 0 aromatic heterocycles. The number of carbonyl (C=O) groups excluding carboxylic acids is 3. The molecule has 8 nitrogen and oxygen atoms in total. The normalized spacial score (nSPS) is 12.9. The van der Waals surface area contributed by atoms with Crippen molar-refractivity contribution in [1.82, 2.24) is 9.80 Å². The van der Waals surface area contributed by atoms with Gasteiger partial charge in [0, 0.05) is 55.2 Å². The van der Waals surface area contributed by atoms with E-state index in [1.165, 1.54) is 17.0 Å². The average molecular weight is 595 g/mol. The van der Waals surface area contributed by atoms with Crippen LogP contribution in [0, 0.1) is 12.7 Å². The van der Waals surface area contributed by atoms with Crippen molar-refractivity contribution in [3.8, 4) is 5.75 Å². The van der Waals surface area contributed by atoms with Crippen LogP contribution in [-0.4, -0.2) is 67.4 Å². The van der Waals surface area contributed by atoms with E-state index in [1.807, 2.05) is 60.4 Å². The highest BCUT2D eigenvalue weighted by atomic mass is 19.1. The molecule has 1 N–H and O–H groups in total. The van der Waals surface area contributed by atoms with Gasteiger partial charge in [-0.15, -0.1) is 0 Å². The second-order valence-corrected chi connectivity index (χ2v) is 10.8. The minimum Gasteiger partial charge on any atom is -0.497 e. The molecule has 1 fully saturated rings. The molecule has 9 heteroatoms. The van der Waals surface area contributed by atoms with Crippen LogP contribution < -0.4 is 15.0 Å². The molecule has 1 saturated heterocycles. The van der Waals surface area contributed by atoms with E-state index >= 15 is 0 Å². The summed E-state index contributed by atoms with van der Waals surface area (Å²) in [5.41, 5.74) is 4.53. The second-order valence-electron chi connectivity index (χ2n) is 10.8. The van der Waals surface area contributed by atoms with Crippen molar-refractivity contribution in [2.45, 2.75) is 13.5 Å². The lowest BCUT2D eigenvalue weighted by Gasteiger charge is -2.36. The summed E-state index contributed by atoms with van der Waals surface area (Å²) in [6, 6.07) is 27.7. The number of rotatable bonds is 9. The van der Waals surface area contributed by atoms with Gasteiger partial charge in [-0.05, 0) is 85.3 Å². The lowest BCUT2D eigenvalue weighted by Crippen LogP contribution is -2.48.